The van der Waals surface area contributed by atoms with Gasteiger partial charge < -0.3 is 15.0 Å². The van der Waals surface area contributed by atoms with E-state index in [2.05, 4.69) is 10.3 Å². The van der Waals surface area contributed by atoms with Gasteiger partial charge in [-0.15, -0.1) is 11.3 Å². The highest BCUT2D eigenvalue weighted by atomic mass is 32.1. The Kier molecular flexibility index (Phi) is 6.33. The first kappa shape index (κ1) is 16.9. The van der Waals surface area contributed by atoms with E-state index < -0.39 is 0 Å². The van der Waals surface area contributed by atoms with Crippen LogP contribution in [0, 0.1) is 12.8 Å². The summed E-state index contributed by atoms with van der Waals surface area (Å²) < 4.78 is 5.03. The molecular formula is C15H23N3O3S. The van der Waals surface area contributed by atoms with E-state index in [9.17, 15) is 9.59 Å². The van der Waals surface area contributed by atoms with Gasteiger partial charge in [-0.3, -0.25) is 9.59 Å². The zero-order valence-electron chi connectivity index (χ0n) is 13.1. The fraction of sp³-hybridized carbons (Fsp3) is 0.667. The molecule has 1 N–H and O–H groups in total. The van der Waals surface area contributed by atoms with E-state index in [4.69, 9.17) is 4.74 Å². The number of aryl methyl sites for hydroxylation is 1. The third-order valence-corrected chi connectivity index (χ3v) is 4.62. The average molecular weight is 325 g/mol. The molecule has 0 aliphatic heterocycles. The minimum atomic E-state index is -0.195. The Balaban J connectivity index is 1.88. The lowest BCUT2D eigenvalue weighted by molar-refractivity contribution is -0.140. The van der Waals surface area contributed by atoms with Crippen LogP contribution in [0.3, 0.4) is 0 Å². The number of thiazole rings is 1. The Morgan fingerprint density at radius 3 is 2.82 bits per heavy atom. The fourth-order valence-corrected chi connectivity index (χ4v) is 3.03. The summed E-state index contributed by atoms with van der Waals surface area (Å²) in [5, 5.41) is 5.22. The average Bonchev–Trinajstić information content (AvgIpc) is 2.81. The normalized spacial score (nSPS) is 14.5. The topological polar surface area (TPSA) is 71.5 Å². The van der Waals surface area contributed by atoms with Crippen LogP contribution in [-0.4, -0.2) is 48.5 Å². The third kappa shape index (κ3) is 4.78. The van der Waals surface area contributed by atoms with Crippen LogP contribution in [-0.2, 0) is 14.3 Å². The van der Waals surface area contributed by atoms with E-state index in [1.165, 1.54) is 11.3 Å². The lowest BCUT2D eigenvalue weighted by Gasteiger charge is -2.31. The second-order valence-electron chi connectivity index (χ2n) is 5.58. The number of ether oxygens (including phenoxy) is 1. The van der Waals surface area contributed by atoms with Crippen molar-refractivity contribution in [2.24, 2.45) is 5.92 Å². The maximum Gasteiger partial charge on any atom is 0.245 e. The van der Waals surface area contributed by atoms with Crippen molar-refractivity contribution in [3.05, 3.63) is 11.1 Å². The number of carbonyl (C=O) groups is 2. The van der Waals surface area contributed by atoms with Crippen molar-refractivity contribution >= 4 is 28.3 Å². The molecule has 122 valence electrons. The summed E-state index contributed by atoms with van der Waals surface area (Å²) >= 11 is 1.39. The summed E-state index contributed by atoms with van der Waals surface area (Å²) in [6.45, 7) is 3.09. The van der Waals surface area contributed by atoms with Crippen LogP contribution in [0.25, 0.3) is 0 Å². The number of aromatic nitrogens is 1. The number of amides is 2. The highest BCUT2D eigenvalue weighted by Crippen LogP contribution is 2.28. The largest absolute Gasteiger partial charge is 0.385 e. The van der Waals surface area contributed by atoms with Crippen molar-refractivity contribution in [1.82, 2.24) is 9.88 Å². The SMILES string of the molecule is COCCCN(CC(=O)Nc1nc(C)cs1)C(=O)C1CCC1. The Hall–Kier alpha value is -1.47. The molecule has 1 aliphatic carbocycles. The zero-order valence-corrected chi connectivity index (χ0v) is 13.9. The van der Waals surface area contributed by atoms with Crippen LogP contribution < -0.4 is 5.32 Å². The van der Waals surface area contributed by atoms with Gasteiger partial charge in [0.15, 0.2) is 5.13 Å². The molecule has 1 heterocycles. The molecule has 2 rings (SSSR count). The molecule has 0 saturated heterocycles. The monoisotopic (exact) mass is 325 g/mol. The summed E-state index contributed by atoms with van der Waals surface area (Å²) in [5.74, 6) is -0.00952. The van der Waals surface area contributed by atoms with Crippen LogP contribution in [0.4, 0.5) is 5.13 Å². The Morgan fingerprint density at radius 2 is 2.27 bits per heavy atom. The molecule has 2 amide bonds. The van der Waals surface area contributed by atoms with Crippen LogP contribution in [0.15, 0.2) is 5.38 Å². The molecule has 0 radical (unpaired) electrons. The van der Waals surface area contributed by atoms with E-state index in [1.807, 2.05) is 12.3 Å². The predicted octanol–water partition coefficient (Wildman–Crippen LogP) is 2.06. The molecule has 0 bridgehead atoms. The van der Waals surface area contributed by atoms with E-state index in [1.54, 1.807) is 12.0 Å². The van der Waals surface area contributed by atoms with Gasteiger partial charge in [0.2, 0.25) is 11.8 Å². The van der Waals surface area contributed by atoms with Crippen molar-refractivity contribution in [3.63, 3.8) is 0 Å². The van der Waals surface area contributed by atoms with Crippen LogP contribution >= 0.6 is 11.3 Å². The Morgan fingerprint density at radius 1 is 1.50 bits per heavy atom. The van der Waals surface area contributed by atoms with Crippen molar-refractivity contribution in [2.45, 2.75) is 32.6 Å². The van der Waals surface area contributed by atoms with E-state index >= 15 is 0 Å². The number of anilines is 1. The van der Waals surface area contributed by atoms with Crippen molar-refractivity contribution < 1.29 is 14.3 Å². The number of hydrogen-bond acceptors (Lipinski definition) is 5. The van der Waals surface area contributed by atoms with Gasteiger partial charge in [0.25, 0.3) is 0 Å². The molecule has 0 aromatic carbocycles. The number of hydrogen-bond donors (Lipinski definition) is 1. The van der Waals surface area contributed by atoms with E-state index in [0.29, 0.717) is 18.3 Å². The quantitative estimate of drug-likeness (QED) is 0.743. The van der Waals surface area contributed by atoms with Gasteiger partial charge in [-0.2, -0.15) is 0 Å². The number of rotatable bonds is 8. The molecule has 6 nitrogen and oxygen atoms in total. The first-order valence-corrected chi connectivity index (χ1v) is 8.48. The lowest BCUT2D eigenvalue weighted by Crippen LogP contribution is -2.43. The summed E-state index contributed by atoms with van der Waals surface area (Å²) in [7, 11) is 1.63. The molecule has 0 spiro atoms. The molecule has 7 heteroatoms. The van der Waals surface area contributed by atoms with Gasteiger partial charge in [0.1, 0.15) is 0 Å². The Labute approximate surface area is 134 Å². The van der Waals surface area contributed by atoms with Crippen molar-refractivity contribution in [2.75, 3.05) is 32.1 Å². The Bertz CT molecular complexity index is 514. The maximum atomic E-state index is 12.4. The summed E-state index contributed by atoms with van der Waals surface area (Å²) in [5.41, 5.74) is 0.878. The third-order valence-electron chi connectivity index (χ3n) is 3.74. The lowest BCUT2D eigenvalue weighted by atomic mass is 9.84. The molecule has 0 atom stereocenters. The van der Waals surface area contributed by atoms with Crippen molar-refractivity contribution in [1.29, 1.82) is 0 Å². The highest BCUT2D eigenvalue weighted by Gasteiger charge is 2.30. The zero-order chi connectivity index (χ0) is 15.9. The van der Waals surface area contributed by atoms with Gasteiger partial charge in [0, 0.05) is 31.6 Å². The highest BCUT2D eigenvalue weighted by molar-refractivity contribution is 7.13. The minimum Gasteiger partial charge on any atom is -0.385 e. The number of carbonyl (C=O) groups excluding carboxylic acids is 2. The van der Waals surface area contributed by atoms with Gasteiger partial charge in [-0.25, -0.2) is 4.98 Å². The first-order chi connectivity index (χ1) is 10.6. The number of methoxy groups -OCH3 is 1. The summed E-state index contributed by atoms with van der Waals surface area (Å²) in [4.78, 5) is 30.4. The van der Waals surface area contributed by atoms with Gasteiger partial charge in [-0.1, -0.05) is 6.42 Å². The molecule has 1 saturated carbocycles. The van der Waals surface area contributed by atoms with Crippen LogP contribution in [0.2, 0.25) is 0 Å². The molecule has 1 aliphatic rings. The standard InChI is InChI=1S/C15H23N3O3S/c1-11-10-22-15(16-11)17-13(19)9-18(7-4-8-21-2)14(20)12-5-3-6-12/h10,12H,3-9H2,1-2H3,(H,16,17,19). The van der Waals surface area contributed by atoms with Gasteiger partial charge in [-0.05, 0) is 26.2 Å². The molecule has 1 fully saturated rings. The molecule has 0 unspecified atom stereocenters. The maximum absolute atomic E-state index is 12.4. The van der Waals surface area contributed by atoms with Crippen LogP contribution in [0.1, 0.15) is 31.4 Å². The van der Waals surface area contributed by atoms with Crippen LogP contribution in [0.5, 0.6) is 0 Å². The molecule has 1 aromatic rings. The molecule has 22 heavy (non-hydrogen) atoms. The number of nitrogens with zero attached hydrogens (tertiary/aromatic N) is 2. The fourth-order valence-electron chi connectivity index (χ4n) is 2.32. The second kappa shape index (κ2) is 8.24. The summed E-state index contributed by atoms with van der Waals surface area (Å²) in [6.07, 6.45) is 3.71. The van der Waals surface area contributed by atoms with E-state index in [0.717, 1.165) is 31.4 Å². The molecular weight excluding hydrogens is 302 g/mol. The van der Waals surface area contributed by atoms with Gasteiger partial charge >= 0.3 is 0 Å². The molecule has 1 aromatic heterocycles. The second-order valence-corrected chi connectivity index (χ2v) is 6.43. The predicted molar refractivity (Wildman–Crippen MR) is 85.9 cm³/mol. The minimum absolute atomic E-state index is 0.0810. The first-order valence-electron chi connectivity index (χ1n) is 7.60. The number of nitrogens with one attached hydrogen (secondary N) is 1. The van der Waals surface area contributed by atoms with E-state index in [-0.39, 0.29) is 24.3 Å². The van der Waals surface area contributed by atoms with Gasteiger partial charge in [0.05, 0.1) is 12.2 Å². The summed E-state index contributed by atoms with van der Waals surface area (Å²) in [6, 6.07) is 0. The smallest absolute Gasteiger partial charge is 0.245 e. The van der Waals surface area contributed by atoms with Crippen molar-refractivity contribution in [3.8, 4) is 0 Å².